The zero-order valence-electron chi connectivity index (χ0n) is 12.4. The van der Waals surface area contributed by atoms with Gasteiger partial charge in [0, 0.05) is 6.04 Å². The minimum atomic E-state index is 0.472. The third-order valence-corrected chi connectivity index (χ3v) is 4.06. The standard InChI is InChI=1S/C16H26N2O/c1-18(2)16(10-13-6-5-9-17-12-13)14-7-4-8-15(11-14)19-3/h4,7-8,11,13,16-17H,5-6,9-10,12H2,1-3H3. The maximum absolute atomic E-state index is 5.34. The van der Waals surface area contributed by atoms with Crippen LogP contribution in [0.3, 0.4) is 0 Å². The Morgan fingerprint density at radius 2 is 2.26 bits per heavy atom. The summed E-state index contributed by atoms with van der Waals surface area (Å²) in [5.74, 6) is 1.73. The number of benzene rings is 1. The molecule has 0 saturated carbocycles. The van der Waals surface area contributed by atoms with Crippen LogP contribution in [0.5, 0.6) is 5.75 Å². The first kappa shape index (κ1) is 14.4. The van der Waals surface area contributed by atoms with Crippen LogP contribution in [0, 0.1) is 5.92 Å². The number of piperidine rings is 1. The first-order chi connectivity index (χ1) is 9.20. The molecule has 2 unspecified atom stereocenters. The molecular formula is C16H26N2O. The Balaban J connectivity index is 2.09. The minimum Gasteiger partial charge on any atom is -0.497 e. The number of rotatable bonds is 5. The van der Waals surface area contributed by atoms with Crippen molar-refractivity contribution in [1.82, 2.24) is 10.2 Å². The van der Waals surface area contributed by atoms with Crippen molar-refractivity contribution >= 4 is 0 Å². The van der Waals surface area contributed by atoms with Crippen LogP contribution in [-0.4, -0.2) is 39.2 Å². The Bertz CT molecular complexity index is 386. The first-order valence-electron chi connectivity index (χ1n) is 7.22. The van der Waals surface area contributed by atoms with Crippen LogP contribution in [0.15, 0.2) is 24.3 Å². The number of nitrogens with zero attached hydrogens (tertiary/aromatic N) is 1. The summed E-state index contributed by atoms with van der Waals surface area (Å²) in [6, 6.07) is 8.95. The van der Waals surface area contributed by atoms with E-state index < -0.39 is 0 Å². The molecule has 0 bridgehead atoms. The van der Waals surface area contributed by atoms with Crippen molar-refractivity contribution in [3.63, 3.8) is 0 Å². The van der Waals surface area contributed by atoms with Gasteiger partial charge >= 0.3 is 0 Å². The van der Waals surface area contributed by atoms with Crippen molar-refractivity contribution in [2.45, 2.75) is 25.3 Å². The average molecular weight is 262 g/mol. The molecule has 0 amide bonds. The minimum absolute atomic E-state index is 0.472. The summed E-state index contributed by atoms with van der Waals surface area (Å²) in [7, 11) is 6.07. The third kappa shape index (κ3) is 3.95. The lowest BCUT2D eigenvalue weighted by atomic mass is 9.89. The highest BCUT2D eigenvalue weighted by molar-refractivity contribution is 5.30. The van der Waals surface area contributed by atoms with Crippen LogP contribution in [0.4, 0.5) is 0 Å². The molecular weight excluding hydrogens is 236 g/mol. The smallest absolute Gasteiger partial charge is 0.119 e. The highest BCUT2D eigenvalue weighted by Gasteiger charge is 2.21. The molecule has 3 heteroatoms. The van der Waals surface area contributed by atoms with Gasteiger partial charge in [0.15, 0.2) is 0 Å². The number of hydrogen-bond donors (Lipinski definition) is 1. The summed E-state index contributed by atoms with van der Waals surface area (Å²) in [6.07, 6.45) is 3.87. The van der Waals surface area contributed by atoms with Gasteiger partial charge in [0.25, 0.3) is 0 Å². The number of ether oxygens (including phenoxy) is 1. The van der Waals surface area contributed by atoms with Crippen molar-refractivity contribution in [1.29, 1.82) is 0 Å². The molecule has 1 fully saturated rings. The normalized spacial score (nSPS) is 21.4. The summed E-state index contributed by atoms with van der Waals surface area (Å²) in [5, 5.41) is 3.51. The van der Waals surface area contributed by atoms with Crippen molar-refractivity contribution < 1.29 is 4.74 Å². The third-order valence-electron chi connectivity index (χ3n) is 4.06. The van der Waals surface area contributed by atoms with Crippen molar-refractivity contribution in [2.75, 3.05) is 34.3 Å². The highest BCUT2D eigenvalue weighted by Crippen LogP contribution is 2.30. The number of methoxy groups -OCH3 is 1. The van der Waals surface area contributed by atoms with E-state index in [1.54, 1.807) is 7.11 Å². The Morgan fingerprint density at radius 3 is 2.89 bits per heavy atom. The van der Waals surface area contributed by atoms with Gasteiger partial charge in [-0.3, -0.25) is 0 Å². The molecule has 2 rings (SSSR count). The van der Waals surface area contributed by atoms with Crippen LogP contribution in [0.2, 0.25) is 0 Å². The summed E-state index contributed by atoms with van der Waals surface area (Å²) < 4.78 is 5.34. The van der Waals surface area contributed by atoms with Crippen LogP contribution < -0.4 is 10.1 Å². The second kappa shape index (κ2) is 6.92. The SMILES string of the molecule is COc1cccc(C(CC2CCCNC2)N(C)C)c1. The van der Waals surface area contributed by atoms with Gasteiger partial charge in [-0.15, -0.1) is 0 Å². The van der Waals surface area contributed by atoms with Gasteiger partial charge in [-0.2, -0.15) is 0 Å². The molecule has 1 aliphatic rings. The summed E-state index contributed by atoms with van der Waals surface area (Å²) in [4.78, 5) is 2.32. The lowest BCUT2D eigenvalue weighted by Gasteiger charge is -2.31. The molecule has 0 aliphatic carbocycles. The van der Waals surface area contributed by atoms with Crippen LogP contribution in [-0.2, 0) is 0 Å². The van der Waals surface area contributed by atoms with E-state index in [2.05, 4.69) is 42.5 Å². The fourth-order valence-electron chi connectivity index (χ4n) is 2.93. The highest BCUT2D eigenvalue weighted by atomic mass is 16.5. The van der Waals surface area contributed by atoms with Gasteiger partial charge in [-0.1, -0.05) is 12.1 Å². The van der Waals surface area contributed by atoms with E-state index in [1.165, 1.54) is 31.4 Å². The maximum atomic E-state index is 5.34. The zero-order valence-corrected chi connectivity index (χ0v) is 12.4. The second-order valence-electron chi connectivity index (χ2n) is 5.70. The van der Waals surface area contributed by atoms with E-state index in [9.17, 15) is 0 Å². The van der Waals surface area contributed by atoms with E-state index >= 15 is 0 Å². The fourth-order valence-corrected chi connectivity index (χ4v) is 2.93. The van der Waals surface area contributed by atoms with Crippen molar-refractivity contribution in [3.8, 4) is 5.75 Å². The Hall–Kier alpha value is -1.06. The predicted octanol–water partition coefficient (Wildman–Crippen LogP) is 2.69. The molecule has 2 atom stereocenters. The monoisotopic (exact) mass is 262 g/mol. The first-order valence-corrected chi connectivity index (χ1v) is 7.22. The van der Waals surface area contributed by atoms with Crippen molar-refractivity contribution in [2.24, 2.45) is 5.92 Å². The van der Waals surface area contributed by atoms with Gasteiger partial charge in [-0.05, 0) is 70.1 Å². The molecule has 1 aliphatic heterocycles. The van der Waals surface area contributed by atoms with E-state index in [0.717, 1.165) is 18.2 Å². The predicted molar refractivity (Wildman–Crippen MR) is 79.6 cm³/mol. The lowest BCUT2D eigenvalue weighted by Crippen LogP contribution is -2.33. The molecule has 1 aromatic rings. The van der Waals surface area contributed by atoms with E-state index in [1.807, 2.05) is 6.07 Å². The molecule has 1 aromatic carbocycles. The molecule has 0 aromatic heterocycles. The average Bonchev–Trinajstić information content (AvgIpc) is 2.45. The van der Waals surface area contributed by atoms with Gasteiger partial charge in [0.1, 0.15) is 5.75 Å². The molecule has 1 saturated heterocycles. The zero-order chi connectivity index (χ0) is 13.7. The fraction of sp³-hybridized carbons (Fsp3) is 0.625. The van der Waals surface area contributed by atoms with Gasteiger partial charge in [0.05, 0.1) is 7.11 Å². The van der Waals surface area contributed by atoms with Crippen molar-refractivity contribution in [3.05, 3.63) is 29.8 Å². The van der Waals surface area contributed by atoms with Gasteiger partial charge in [-0.25, -0.2) is 0 Å². The largest absolute Gasteiger partial charge is 0.497 e. The Labute approximate surface area is 116 Å². The van der Waals surface area contributed by atoms with Crippen LogP contribution in [0.25, 0.3) is 0 Å². The Morgan fingerprint density at radius 1 is 1.42 bits per heavy atom. The van der Waals surface area contributed by atoms with E-state index in [-0.39, 0.29) is 0 Å². The van der Waals surface area contributed by atoms with E-state index in [0.29, 0.717) is 6.04 Å². The quantitative estimate of drug-likeness (QED) is 0.883. The number of hydrogen-bond acceptors (Lipinski definition) is 3. The number of nitrogens with one attached hydrogen (secondary N) is 1. The maximum Gasteiger partial charge on any atom is 0.119 e. The Kier molecular flexibility index (Phi) is 5.23. The lowest BCUT2D eigenvalue weighted by molar-refractivity contribution is 0.225. The molecule has 1 heterocycles. The summed E-state index contributed by atoms with van der Waals surface area (Å²) in [6.45, 7) is 2.34. The van der Waals surface area contributed by atoms with Crippen LogP contribution >= 0.6 is 0 Å². The molecule has 1 N–H and O–H groups in total. The topological polar surface area (TPSA) is 24.5 Å². The summed E-state index contributed by atoms with van der Waals surface area (Å²) >= 11 is 0. The molecule has 0 radical (unpaired) electrons. The second-order valence-corrected chi connectivity index (χ2v) is 5.70. The van der Waals surface area contributed by atoms with Gasteiger partial charge in [0.2, 0.25) is 0 Å². The summed E-state index contributed by atoms with van der Waals surface area (Å²) in [5.41, 5.74) is 1.36. The molecule has 106 valence electrons. The molecule has 0 spiro atoms. The molecule has 3 nitrogen and oxygen atoms in total. The molecule has 19 heavy (non-hydrogen) atoms. The van der Waals surface area contributed by atoms with E-state index in [4.69, 9.17) is 4.74 Å². The van der Waals surface area contributed by atoms with Crippen LogP contribution in [0.1, 0.15) is 30.9 Å². The van der Waals surface area contributed by atoms with Gasteiger partial charge < -0.3 is 15.0 Å².